The van der Waals surface area contributed by atoms with E-state index in [4.69, 9.17) is 13.6 Å². The number of benzene rings is 1. The lowest BCUT2D eigenvalue weighted by atomic mass is 10.3. The fourth-order valence-corrected chi connectivity index (χ4v) is 2.28. The Morgan fingerprint density at radius 1 is 0.870 bits per heavy atom. The van der Waals surface area contributed by atoms with Crippen molar-refractivity contribution in [1.29, 1.82) is 0 Å². The zero-order valence-electron chi connectivity index (χ0n) is 12.7. The van der Waals surface area contributed by atoms with Crippen LogP contribution < -0.4 is 4.74 Å². The number of nitrogens with zero attached hydrogens (tertiary/aromatic N) is 1. The average Bonchev–Trinajstić information content (AvgIpc) is 3.23. The highest BCUT2D eigenvalue weighted by Crippen LogP contribution is 2.13. The first-order valence-electron chi connectivity index (χ1n) is 7.45. The van der Waals surface area contributed by atoms with E-state index in [1.54, 1.807) is 24.7 Å². The van der Waals surface area contributed by atoms with Gasteiger partial charge in [-0.1, -0.05) is 0 Å². The summed E-state index contributed by atoms with van der Waals surface area (Å²) in [7, 11) is 0. The molecule has 0 amide bonds. The summed E-state index contributed by atoms with van der Waals surface area (Å²) in [6, 6.07) is 13.6. The van der Waals surface area contributed by atoms with Gasteiger partial charge in [0.2, 0.25) is 0 Å². The van der Waals surface area contributed by atoms with Crippen LogP contribution in [-0.4, -0.2) is 18.1 Å². The largest absolute Gasteiger partial charge is 0.492 e. The van der Waals surface area contributed by atoms with Gasteiger partial charge in [-0.2, -0.15) is 0 Å². The number of hydrogen-bond donors (Lipinski definition) is 0. The molecule has 5 heteroatoms. The molecule has 0 saturated carbocycles. The monoisotopic (exact) mass is 315 g/mol. The molecule has 0 spiro atoms. The Kier molecular flexibility index (Phi) is 5.11. The maximum Gasteiger partial charge on any atom is 0.123 e. The van der Waals surface area contributed by atoms with E-state index >= 15 is 0 Å². The van der Waals surface area contributed by atoms with Crippen LogP contribution in [0.3, 0.4) is 0 Å². The van der Waals surface area contributed by atoms with Gasteiger partial charge in [-0.3, -0.25) is 4.90 Å². The third kappa shape index (κ3) is 4.72. The summed E-state index contributed by atoms with van der Waals surface area (Å²) in [6.45, 7) is 2.52. The van der Waals surface area contributed by atoms with Crippen LogP contribution in [0.4, 0.5) is 4.39 Å². The first-order valence-corrected chi connectivity index (χ1v) is 7.45. The van der Waals surface area contributed by atoms with E-state index in [9.17, 15) is 4.39 Å². The SMILES string of the molecule is Fc1ccc(OCCN(Cc2ccco2)Cc2ccco2)cc1. The molecule has 0 fully saturated rings. The van der Waals surface area contributed by atoms with Crippen molar-refractivity contribution in [3.05, 3.63) is 78.4 Å². The molecule has 0 aliphatic carbocycles. The summed E-state index contributed by atoms with van der Waals surface area (Å²) >= 11 is 0. The van der Waals surface area contributed by atoms with Gasteiger partial charge in [0.1, 0.15) is 29.7 Å². The Morgan fingerprint density at radius 2 is 1.48 bits per heavy atom. The lowest BCUT2D eigenvalue weighted by Gasteiger charge is -2.20. The molecule has 0 N–H and O–H groups in total. The predicted molar refractivity (Wildman–Crippen MR) is 83.4 cm³/mol. The molecule has 0 radical (unpaired) electrons. The second-order valence-corrected chi connectivity index (χ2v) is 5.17. The van der Waals surface area contributed by atoms with Crippen molar-refractivity contribution in [3.8, 4) is 5.75 Å². The maximum atomic E-state index is 12.9. The molecule has 2 aromatic heterocycles. The van der Waals surface area contributed by atoms with E-state index in [1.165, 1.54) is 12.1 Å². The minimum atomic E-state index is -0.269. The van der Waals surface area contributed by atoms with Gasteiger partial charge in [-0.05, 0) is 48.5 Å². The van der Waals surface area contributed by atoms with Crippen LogP contribution in [0.25, 0.3) is 0 Å². The highest BCUT2D eigenvalue weighted by Gasteiger charge is 2.11. The molecular formula is C18H18FNO3. The van der Waals surface area contributed by atoms with Gasteiger partial charge >= 0.3 is 0 Å². The average molecular weight is 315 g/mol. The standard InChI is InChI=1S/C18H18FNO3/c19-15-5-7-16(8-6-15)23-12-9-20(13-17-3-1-10-21-17)14-18-4-2-11-22-18/h1-8,10-11H,9,12-14H2. The zero-order chi connectivity index (χ0) is 15.9. The van der Waals surface area contributed by atoms with E-state index in [1.807, 2.05) is 24.3 Å². The highest BCUT2D eigenvalue weighted by atomic mass is 19.1. The Labute approximate surface area is 134 Å². The smallest absolute Gasteiger partial charge is 0.123 e. The summed E-state index contributed by atoms with van der Waals surface area (Å²) in [5, 5.41) is 0. The molecule has 1 aromatic carbocycles. The van der Waals surface area contributed by atoms with Gasteiger partial charge in [-0.25, -0.2) is 4.39 Å². The summed E-state index contributed by atoms with van der Waals surface area (Å²) in [5.74, 6) is 2.16. The molecule has 23 heavy (non-hydrogen) atoms. The Balaban J connectivity index is 1.55. The third-order valence-electron chi connectivity index (χ3n) is 3.41. The normalized spacial score (nSPS) is 11.0. The molecular weight excluding hydrogens is 297 g/mol. The number of halogens is 1. The number of hydrogen-bond acceptors (Lipinski definition) is 4. The second kappa shape index (κ2) is 7.65. The fourth-order valence-electron chi connectivity index (χ4n) is 2.28. The lowest BCUT2D eigenvalue weighted by Crippen LogP contribution is -2.27. The Hall–Kier alpha value is -2.53. The molecule has 3 aromatic rings. The van der Waals surface area contributed by atoms with Gasteiger partial charge in [0.15, 0.2) is 0 Å². The van der Waals surface area contributed by atoms with Crippen LogP contribution in [0.5, 0.6) is 5.75 Å². The highest BCUT2D eigenvalue weighted by molar-refractivity contribution is 5.22. The van der Waals surface area contributed by atoms with Crippen molar-refractivity contribution < 1.29 is 18.0 Å². The van der Waals surface area contributed by atoms with Gasteiger partial charge < -0.3 is 13.6 Å². The van der Waals surface area contributed by atoms with Crippen molar-refractivity contribution in [3.63, 3.8) is 0 Å². The molecule has 3 rings (SSSR count). The molecule has 0 atom stereocenters. The maximum absolute atomic E-state index is 12.9. The summed E-state index contributed by atoms with van der Waals surface area (Å²) < 4.78 is 29.3. The molecule has 0 aliphatic heterocycles. The molecule has 0 aliphatic rings. The van der Waals surface area contributed by atoms with Crippen molar-refractivity contribution in [2.45, 2.75) is 13.1 Å². The Bertz CT molecular complexity index is 641. The topological polar surface area (TPSA) is 38.8 Å². The van der Waals surface area contributed by atoms with Crippen molar-refractivity contribution >= 4 is 0 Å². The quantitative estimate of drug-likeness (QED) is 0.627. The van der Waals surface area contributed by atoms with Crippen LogP contribution >= 0.6 is 0 Å². The Morgan fingerprint density at radius 3 is 2.00 bits per heavy atom. The minimum Gasteiger partial charge on any atom is -0.492 e. The zero-order valence-corrected chi connectivity index (χ0v) is 12.7. The molecule has 0 unspecified atom stereocenters. The van der Waals surface area contributed by atoms with Crippen LogP contribution in [0.2, 0.25) is 0 Å². The van der Waals surface area contributed by atoms with Crippen LogP contribution in [0.15, 0.2) is 69.9 Å². The van der Waals surface area contributed by atoms with E-state index in [0.29, 0.717) is 32.0 Å². The van der Waals surface area contributed by atoms with Gasteiger partial charge in [-0.15, -0.1) is 0 Å². The first-order chi connectivity index (χ1) is 11.3. The number of ether oxygens (including phenoxy) is 1. The van der Waals surface area contributed by atoms with Crippen LogP contribution in [0, 0.1) is 5.82 Å². The third-order valence-corrected chi connectivity index (χ3v) is 3.41. The van der Waals surface area contributed by atoms with Crippen molar-refractivity contribution in [2.24, 2.45) is 0 Å². The van der Waals surface area contributed by atoms with Gasteiger partial charge in [0.05, 0.1) is 25.6 Å². The number of furan rings is 2. The van der Waals surface area contributed by atoms with E-state index < -0.39 is 0 Å². The van der Waals surface area contributed by atoms with Gasteiger partial charge in [0.25, 0.3) is 0 Å². The first kappa shape index (κ1) is 15.4. The molecule has 2 heterocycles. The molecule has 4 nitrogen and oxygen atoms in total. The predicted octanol–water partition coefficient (Wildman–Crippen LogP) is 4.09. The molecule has 0 bridgehead atoms. The lowest BCUT2D eigenvalue weighted by molar-refractivity contribution is 0.175. The second-order valence-electron chi connectivity index (χ2n) is 5.17. The summed E-state index contributed by atoms with van der Waals surface area (Å²) in [4.78, 5) is 2.17. The fraction of sp³-hybridized carbons (Fsp3) is 0.222. The van der Waals surface area contributed by atoms with Crippen molar-refractivity contribution in [2.75, 3.05) is 13.2 Å². The van der Waals surface area contributed by atoms with Crippen molar-refractivity contribution in [1.82, 2.24) is 4.90 Å². The van der Waals surface area contributed by atoms with E-state index in [2.05, 4.69) is 4.90 Å². The molecule has 0 saturated heterocycles. The molecule has 120 valence electrons. The van der Waals surface area contributed by atoms with E-state index in [-0.39, 0.29) is 5.82 Å². The van der Waals surface area contributed by atoms with Gasteiger partial charge in [0, 0.05) is 6.54 Å². The van der Waals surface area contributed by atoms with E-state index in [0.717, 1.165) is 11.5 Å². The van der Waals surface area contributed by atoms with Crippen LogP contribution in [-0.2, 0) is 13.1 Å². The number of rotatable bonds is 8. The minimum absolute atomic E-state index is 0.269. The summed E-state index contributed by atoms with van der Waals surface area (Å²) in [6.07, 6.45) is 3.32. The van der Waals surface area contributed by atoms with Crippen LogP contribution in [0.1, 0.15) is 11.5 Å². The summed E-state index contributed by atoms with van der Waals surface area (Å²) in [5.41, 5.74) is 0.